The Balaban J connectivity index is 1.63. The minimum absolute atomic E-state index is 0.529. The molecule has 0 saturated carbocycles. The number of nitrogens with one attached hydrogen (secondary N) is 1. The first kappa shape index (κ1) is 18.1. The van der Waals surface area contributed by atoms with E-state index in [0.29, 0.717) is 6.04 Å². The van der Waals surface area contributed by atoms with E-state index < -0.39 is 0 Å². The van der Waals surface area contributed by atoms with Crippen molar-refractivity contribution >= 4 is 0 Å². The van der Waals surface area contributed by atoms with Crippen molar-refractivity contribution in [2.75, 3.05) is 13.1 Å². The highest BCUT2D eigenvalue weighted by Crippen LogP contribution is 2.17. The summed E-state index contributed by atoms with van der Waals surface area (Å²) >= 11 is 0. The van der Waals surface area contributed by atoms with Gasteiger partial charge in [0.25, 0.3) is 0 Å². The average Bonchev–Trinajstić information content (AvgIpc) is 2.62. The highest BCUT2D eigenvalue weighted by atomic mass is 15.2. The van der Waals surface area contributed by atoms with Gasteiger partial charge in [0.2, 0.25) is 0 Å². The summed E-state index contributed by atoms with van der Waals surface area (Å²) in [5.41, 5.74) is 5.45. The van der Waals surface area contributed by atoms with Crippen LogP contribution in [0.3, 0.4) is 0 Å². The molecule has 3 rings (SSSR count). The molecule has 0 unspecified atom stereocenters. The van der Waals surface area contributed by atoms with Crippen LogP contribution in [0, 0.1) is 6.92 Å². The number of hydrogen-bond acceptors (Lipinski definition) is 3. The summed E-state index contributed by atoms with van der Waals surface area (Å²) in [6.07, 6.45) is 6.90. The van der Waals surface area contributed by atoms with E-state index >= 15 is 0 Å². The molecule has 0 amide bonds. The van der Waals surface area contributed by atoms with Gasteiger partial charge in [-0.15, -0.1) is 0 Å². The second-order valence-electron chi connectivity index (χ2n) is 7.32. The third kappa shape index (κ3) is 5.38. The topological polar surface area (TPSA) is 28.2 Å². The number of aromatic nitrogens is 1. The number of hydrogen-bond donors (Lipinski definition) is 1. The summed E-state index contributed by atoms with van der Waals surface area (Å²) in [5, 5.41) is 3.73. The van der Waals surface area contributed by atoms with Gasteiger partial charge < -0.3 is 5.32 Å². The maximum atomic E-state index is 4.57. The Morgan fingerprint density at radius 1 is 1.16 bits per heavy atom. The van der Waals surface area contributed by atoms with Gasteiger partial charge in [-0.2, -0.15) is 0 Å². The molecular formula is C22H31N3. The van der Waals surface area contributed by atoms with Crippen molar-refractivity contribution < 1.29 is 0 Å². The largest absolute Gasteiger partial charge is 0.308 e. The third-order valence-corrected chi connectivity index (χ3v) is 5.08. The molecule has 3 heteroatoms. The lowest BCUT2D eigenvalue weighted by Gasteiger charge is -2.31. The molecule has 134 valence electrons. The zero-order chi connectivity index (χ0) is 17.5. The van der Waals surface area contributed by atoms with Crippen molar-refractivity contribution in [3.8, 4) is 0 Å². The van der Waals surface area contributed by atoms with Crippen LogP contribution < -0.4 is 5.32 Å². The van der Waals surface area contributed by atoms with Gasteiger partial charge in [-0.1, -0.05) is 44.0 Å². The van der Waals surface area contributed by atoms with Gasteiger partial charge in [0.05, 0.1) is 5.69 Å². The van der Waals surface area contributed by atoms with Crippen molar-refractivity contribution in [2.24, 2.45) is 0 Å². The number of nitrogens with zero attached hydrogens (tertiary/aromatic N) is 2. The van der Waals surface area contributed by atoms with Gasteiger partial charge in [-0.05, 0) is 55.1 Å². The summed E-state index contributed by atoms with van der Waals surface area (Å²) in [4.78, 5) is 7.16. The standard InChI is InChI=1S/C22H31N3/c1-3-4-7-12-25(16-21-13-18(2)10-11-23-21)17-22-14-19-8-5-6-9-20(19)15-24-22/h5-6,8-11,13,22,24H,3-4,7,12,14-17H2,1-2H3/t22-/m1/s1. The van der Waals surface area contributed by atoms with Crippen LogP contribution in [0.1, 0.15) is 48.6 Å². The minimum atomic E-state index is 0.529. The van der Waals surface area contributed by atoms with Crippen molar-refractivity contribution in [3.05, 3.63) is 65.0 Å². The maximum absolute atomic E-state index is 4.57. The van der Waals surface area contributed by atoms with Crippen LogP contribution in [0.25, 0.3) is 0 Å². The van der Waals surface area contributed by atoms with Gasteiger partial charge in [0, 0.05) is 31.9 Å². The van der Waals surface area contributed by atoms with Crippen LogP contribution in [0.4, 0.5) is 0 Å². The summed E-state index contributed by atoms with van der Waals surface area (Å²) < 4.78 is 0. The summed E-state index contributed by atoms with van der Waals surface area (Å²) in [6, 6.07) is 13.7. The van der Waals surface area contributed by atoms with E-state index in [1.807, 2.05) is 6.20 Å². The third-order valence-electron chi connectivity index (χ3n) is 5.08. The van der Waals surface area contributed by atoms with Crippen LogP contribution in [0.15, 0.2) is 42.6 Å². The van der Waals surface area contributed by atoms with Crippen molar-refractivity contribution in [1.82, 2.24) is 15.2 Å². The Hall–Kier alpha value is -1.71. The molecule has 25 heavy (non-hydrogen) atoms. The molecule has 0 spiro atoms. The molecule has 0 saturated heterocycles. The Kier molecular flexibility index (Phi) is 6.60. The fourth-order valence-electron chi connectivity index (χ4n) is 3.70. The molecule has 1 aromatic heterocycles. The molecule has 1 N–H and O–H groups in total. The molecule has 1 aliphatic rings. The zero-order valence-electron chi connectivity index (χ0n) is 15.7. The first-order chi connectivity index (χ1) is 12.2. The molecule has 0 aliphatic carbocycles. The van der Waals surface area contributed by atoms with Gasteiger partial charge in [0.1, 0.15) is 0 Å². The van der Waals surface area contributed by atoms with E-state index in [9.17, 15) is 0 Å². The van der Waals surface area contributed by atoms with E-state index in [4.69, 9.17) is 0 Å². The highest BCUT2D eigenvalue weighted by Gasteiger charge is 2.20. The van der Waals surface area contributed by atoms with Gasteiger partial charge in [-0.3, -0.25) is 9.88 Å². The predicted octanol–water partition coefficient (Wildman–Crippen LogP) is 4.10. The fourth-order valence-corrected chi connectivity index (χ4v) is 3.70. The number of pyridine rings is 1. The smallest absolute Gasteiger partial charge is 0.0546 e. The number of fused-ring (bicyclic) bond motifs is 1. The van der Waals surface area contributed by atoms with Crippen LogP contribution >= 0.6 is 0 Å². The van der Waals surface area contributed by atoms with Crippen LogP contribution in [0.2, 0.25) is 0 Å². The Morgan fingerprint density at radius 3 is 2.80 bits per heavy atom. The summed E-state index contributed by atoms with van der Waals surface area (Å²) in [7, 11) is 0. The monoisotopic (exact) mass is 337 g/mol. The van der Waals surface area contributed by atoms with Gasteiger partial charge in [-0.25, -0.2) is 0 Å². The normalized spacial score (nSPS) is 16.8. The van der Waals surface area contributed by atoms with E-state index in [1.165, 1.54) is 41.6 Å². The van der Waals surface area contributed by atoms with E-state index in [1.54, 1.807) is 0 Å². The molecule has 2 aromatic rings. The minimum Gasteiger partial charge on any atom is -0.308 e. The van der Waals surface area contributed by atoms with Crippen molar-refractivity contribution in [2.45, 2.75) is 58.7 Å². The zero-order valence-corrected chi connectivity index (χ0v) is 15.7. The van der Waals surface area contributed by atoms with Gasteiger partial charge >= 0.3 is 0 Å². The lowest BCUT2D eigenvalue weighted by molar-refractivity contribution is 0.221. The SMILES string of the molecule is CCCCCN(Cc1cc(C)ccn1)C[C@H]1Cc2ccccc2CN1. The molecule has 3 nitrogen and oxygen atoms in total. The lowest BCUT2D eigenvalue weighted by Crippen LogP contribution is -2.44. The first-order valence-electron chi connectivity index (χ1n) is 9.68. The van der Waals surface area contributed by atoms with E-state index in [2.05, 4.69) is 65.4 Å². The molecule has 1 aliphatic heterocycles. The Morgan fingerprint density at radius 2 is 2.00 bits per heavy atom. The number of rotatable bonds is 8. The van der Waals surface area contributed by atoms with Crippen LogP contribution in [-0.2, 0) is 19.5 Å². The number of benzene rings is 1. The Labute approximate surface area is 152 Å². The van der Waals surface area contributed by atoms with Gasteiger partial charge in [0.15, 0.2) is 0 Å². The average molecular weight is 338 g/mol. The Bertz CT molecular complexity index is 668. The van der Waals surface area contributed by atoms with Crippen LogP contribution in [-0.4, -0.2) is 29.0 Å². The highest BCUT2D eigenvalue weighted by molar-refractivity contribution is 5.30. The van der Waals surface area contributed by atoms with Crippen molar-refractivity contribution in [3.63, 3.8) is 0 Å². The molecule has 0 fully saturated rings. The summed E-state index contributed by atoms with van der Waals surface area (Å²) in [5.74, 6) is 0. The number of aryl methyl sites for hydroxylation is 1. The molecule has 0 radical (unpaired) electrons. The molecule has 0 bridgehead atoms. The molecule has 1 atom stereocenters. The maximum Gasteiger partial charge on any atom is 0.0546 e. The second-order valence-corrected chi connectivity index (χ2v) is 7.32. The molecular weight excluding hydrogens is 306 g/mol. The fraction of sp³-hybridized carbons (Fsp3) is 0.500. The van der Waals surface area contributed by atoms with Crippen molar-refractivity contribution in [1.29, 1.82) is 0 Å². The predicted molar refractivity (Wildman–Crippen MR) is 105 cm³/mol. The van der Waals surface area contributed by atoms with E-state index in [0.717, 1.165) is 32.6 Å². The molecule has 2 heterocycles. The lowest BCUT2D eigenvalue weighted by atomic mass is 9.95. The molecule has 1 aromatic carbocycles. The first-order valence-corrected chi connectivity index (χ1v) is 9.68. The van der Waals surface area contributed by atoms with Crippen LogP contribution in [0.5, 0.6) is 0 Å². The second kappa shape index (κ2) is 9.12. The summed E-state index contributed by atoms with van der Waals surface area (Å²) in [6.45, 7) is 8.60. The quantitative estimate of drug-likeness (QED) is 0.735. The number of unbranched alkanes of at least 4 members (excludes halogenated alkanes) is 2. The van der Waals surface area contributed by atoms with E-state index in [-0.39, 0.29) is 0 Å².